The molecular weight excluding hydrogens is 336 g/mol. The van der Waals surface area contributed by atoms with Gasteiger partial charge in [0.1, 0.15) is 0 Å². The molecule has 0 saturated heterocycles. The second-order valence-corrected chi connectivity index (χ2v) is 7.02. The number of nitrogens with one attached hydrogen (secondary N) is 3. The van der Waals surface area contributed by atoms with Gasteiger partial charge in [-0.2, -0.15) is 0 Å². The molecule has 142 valence electrons. The predicted octanol–water partition coefficient (Wildman–Crippen LogP) is 2.49. The van der Waals surface area contributed by atoms with Crippen LogP contribution in [0.4, 0.5) is 0 Å². The second-order valence-electron chi connectivity index (χ2n) is 6.07. The summed E-state index contributed by atoms with van der Waals surface area (Å²) in [5, 5.41) is 11.3. The number of hydrogen-bond acceptors (Lipinski definition) is 4. The Hall–Kier alpha value is -1.60. The molecule has 0 aromatic carbocycles. The summed E-state index contributed by atoms with van der Waals surface area (Å²) < 4.78 is 5.59. The highest BCUT2D eigenvalue weighted by Gasteiger charge is 2.04. The Balaban J connectivity index is 2.14. The van der Waals surface area contributed by atoms with Gasteiger partial charge >= 0.3 is 0 Å². The monoisotopic (exact) mass is 368 g/mol. The summed E-state index contributed by atoms with van der Waals surface area (Å²) in [6.45, 7) is 10.7. The maximum absolute atomic E-state index is 11.8. The minimum absolute atomic E-state index is 0.0115. The number of aliphatic imine (C=N–C) groups is 1. The molecule has 1 amide bonds. The molecule has 3 N–H and O–H groups in total. The lowest BCUT2D eigenvalue weighted by Crippen LogP contribution is -2.39. The van der Waals surface area contributed by atoms with E-state index >= 15 is 0 Å². The van der Waals surface area contributed by atoms with Crippen molar-refractivity contribution >= 4 is 23.2 Å². The smallest absolute Gasteiger partial charge is 0.261 e. The van der Waals surface area contributed by atoms with E-state index in [0.717, 1.165) is 43.4 Å². The van der Waals surface area contributed by atoms with Crippen molar-refractivity contribution in [3.63, 3.8) is 0 Å². The van der Waals surface area contributed by atoms with E-state index in [-0.39, 0.29) is 5.91 Å². The van der Waals surface area contributed by atoms with Crippen LogP contribution in [0.25, 0.3) is 0 Å². The molecule has 0 aliphatic heterocycles. The standard InChI is InChI=1S/C18H32N4O2S/c1-4-19-18(22-11-13-24-12-8-15(2)3)21-10-6-9-20-17(23)16-7-5-14-25-16/h5,7,14-15H,4,6,8-13H2,1-3H3,(H,20,23)(H2,19,21,22). The molecule has 25 heavy (non-hydrogen) atoms. The minimum Gasteiger partial charge on any atom is -0.380 e. The van der Waals surface area contributed by atoms with Gasteiger partial charge in [0.2, 0.25) is 0 Å². The lowest BCUT2D eigenvalue weighted by atomic mass is 10.1. The summed E-state index contributed by atoms with van der Waals surface area (Å²) in [5.41, 5.74) is 0. The summed E-state index contributed by atoms with van der Waals surface area (Å²) in [5.74, 6) is 1.45. The van der Waals surface area contributed by atoms with E-state index in [1.807, 2.05) is 24.4 Å². The van der Waals surface area contributed by atoms with E-state index in [2.05, 4.69) is 34.8 Å². The van der Waals surface area contributed by atoms with Crippen LogP contribution in [0.1, 0.15) is 43.3 Å². The van der Waals surface area contributed by atoms with Crippen molar-refractivity contribution in [2.24, 2.45) is 10.9 Å². The molecule has 0 radical (unpaired) electrons. The summed E-state index contributed by atoms with van der Waals surface area (Å²) in [7, 11) is 0. The Labute approximate surface area is 155 Å². The Morgan fingerprint density at radius 2 is 2.08 bits per heavy atom. The predicted molar refractivity (Wildman–Crippen MR) is 106 cm³/mol. The number of carbonyl (C=O) groups excluding carboxylic acids is 1. The molecule has 0 spiro atoms. The third kappa shape index (κ3) is 10.8. The number of amides is 1. The molecule has 0 aliphatic rings. The largest absolute Gasteiger partial charge is 0.380 e. The molecule has 1 heterocycles. The lowest BCUT2D eigenvalue weighted by molar-refractivity contribution is 0.0957. The lowest BCUT2D eigenvalue weighted by Gasteiger charge is -2.12. The van der Waals surface area contributed by atoms with Crippen LogP contribution in [0, 0.1) is 5.92 Å². The third-order valence-corrected chi connectivity index (χ3v) is 4.23. The summed E-state index contributed by atoms with van der Waals surface area (Å²) in [6.07, 6.45) is 1.89. The number of ether oxygens (including phenoxy) is 1. The zero-order valence-corrected chi connectivity index (χ0v) is 16.5. The SMILES string of the molecule is CCNC(=NCCCNC(=O)c1cccs1)NCCOCCC(C)C. The molecule has 0 bridgehead atoms. The van der Waals surface area contributed by atoms with Gasteiger partial charge in [0, 0.05) is 32.8 Å². The van der Waals surface area contributed by atoms with E-state index in [9.17, 15) is 4.79 Å². The Bertz CT molecular complexity index is 489. The Kier molecular flexibility index (Phi) is 11.7. The van der Waals surface area contributed by atoms with Crippen LogP contribution in [-0.4, -0.2) is 51.3 Å². The fraction of sp³-hybridized carbons (Fsp3) is 0.667. The molecule has 0 unspecified atom stereocenters. The number of rotatable bonds is 12. The number of hydrogen-bond donors (Lipinski definition) is 3. The molecular formula is C18H32N4O2S. The van der Waals surface area contributed by atoms with Crippen molar-refractivity contribution in [1.82, 2.24) is 16.0 Å². The molecule has 0 aliphatic carbocycles. The fourth-order valence-corrected chi connectivity index (χ4v) is 2.61. The quantitative estimate of drug-likeness (QED) is 0.301. The van der Waals surface area contributed by atoms with Gasteiger partial charge in [0.15, 0.2) is 5.96 Å². The fourth-order valence-electron chi connectivity index (χ4n) is 1.97. The first-order valence-electron chi connectivity index (χ1n) is 9.05. The van der Waals surface area contributed by atoms with Crippen molar-refractivity contribution in [3.05, 3.63) is 22.4 Å². The Morgan fingerprint density at radius 3 is 2.76 bits per heavy atom. The highest BCUT2D eigenvalue weighted by Crippen LogP contribution is 2.07. The van der Waals surface area contributed by atoms with Crippen LogP contribution in [0.3, 0.4) is 0 Å². The van der Waals surface area contributed by atoms with Gasteiger partial charge in [0.05, 0.1) is 11.5 Å². The zero-order valence-electron chi connectivity index (χ0n) is 15.6. The van der Waals surface area contributed by atoms with E-state index in [0.29, 0.717) is 25.6 Å². The van der Waals surface area contributed by atoms with E-state index in [1.54, 1.807) is 0 Å². The van der Waals surface area contributed by atoms with Crippen LogP contribution in [0.15, 0.2) is 22.5 Å². The van der Waals surface area contributed by atoms with Gasteiger partial charge in [0.25, 0.3) is 5.91 Å². The number of nitrogens with zero attached hydrogens (tertiary/aromatic N) is 1. The summed E-state index contributed by atoms with van der Waals surface area (Å²) >= 11 is 1.45. The molecule has 6 nitrogen and oxygen atoms in total. The number of thiophene rings is 1. The summed E-state index contributed by atoms with van der Waals surface area (Å²) in [4.78, 5) is 17.1. The molecule has 1 aromatic heterocycles. The first-order valence-corrected chi connectivity index (χ1v) is 9.93. The van der Waals surface area contributed by atoms with Crippen LogP contribution in [0.2, 0.25) is 0 Å². The highest BCUT2D eigenvalue weighted by molar-refractivity contribution is 7.12. The molecule has 0 saturated carbocycles. The third-order valence-electron chi connectivity index (χ3n) is 3.36. The van der Waals surface area contributed by atoms with E-state index in [1.165, 1.54) is 11.3 Å². The average Bonchev–Trinajstić information content (AvgIpc) is 3.11. The molecule has 0 atom stereocenters. The minimum atomic E-state index is -0.0115. The van der Waals surface area contributed by atoms with Crippen LogP contribution in [-0.2, 0) is 4.74 Å². The number of guanidine groups is 1. The van der Waals surface area contributed by atoms with Gasteiger partial charge in [-0.25, -0.2) is 0 Å². The van der Waals surface area contributed by atoms with Gasteiger partial charge in [-0.15, -0.1) is 11.3 Å². The second kappa shape index (κ2) is 13.7. The first-order chi connectivity index (χ1) is 12.1. The van der Waals surface area contributed by atoms with Crippen molar-refractivity contribution in [2.45, 2.75) is 33.6 Å². The average molecular weight is 369 g/mol. The van der Waals surface area contributed by atoms with E-state index < -0.39 is 0 Å². The maximum Gasteiger partial charge on any atom is 0.261 e. The van der Waals surface area contributed by atoms with Crippen molar-refractivity contribution in [2.75, 3.05) is 39.4 Å². The van der Waals surface area contributed by atoms with Crippen molar-refractivity contribution in [1.29, 1.82) is 0 Å². The van der Waals surface area contributed by atoms with Gasteiger partial charge in [-0.05, 0) is 37.1 Å². The van der Waals surface area contributed by atoms with Crippen molar-refractivity contribution in [3.8, 4) is 0 Å². The molecule has 0 fully saturated rings. The van der Waals surface area contributed by atoms with Crippen LogP contribution < -0.4 is 16.0 Å². The van der Waals surface area contributed by atoms with Crippen molar-refractivity contribution < 1.29 is 9.53 Å². The number of carbonyl (C=O) groups is 1. The zero-order chi connectivity index (χ0) is 18.3. The topological polar surface area (TPSA) is 74.8 Å². The molecule has 1 aromatic rings. The van der Waals surface area contributed by atoms with Gasteiger partial charge in [-0.3, -0.25) is 9.79 Å². The molecule has 7 heteroatoms. The maximum atomic E-state index is 11.8. The van der Waals surface area contributed by atoms with Gasteiger partial charge < -0.3 is 20.7 Å². The Morgan fingerprint density at radius 1 is 1.24 bits per heavy atom. The van der Waals surface area contributed by atoms with Crippen LogP contribution >= 0.6 is 11.3 Å². The first kappa shape index (κ1) is 21.4. The highest BCUT2D eigenvalue weighted by atomic mass is 32.1. The summed E-state index contributed by atoms with van der Waals surface area (Å²) in [6, 6.07) is 3.71. The van der Waals surface area contributed by atoms with Crippen LogP contribution in [0.5, 0.6) is 0 Å². The molecule has 1 rings (SSSR count). The normalized spacial score (nSPS) is 11.6. The van der Waals surface area contributed by atoms with Gasteiger partial charge in [-0.1, -0.05) is 19.9 Å². The van der Waals surface area contributed by atoms with E-state index in [4.69, 9.17) is 4.74 Å².